The summed E-state index contributed by atoms with van der Waals surface area (Å²) in [5, 5.41) is 10.1. The summed E-state index contributed by atoms with van der Waals surface area (Å²) in [7, 11) is 0. The van der Waals surface area contributed by atoms with Gasteiger partial charge in [-0.2, -0.15) is 16.9 Å². The molecule has 1 saturated heterocycles. The first-order valence-electron chi connectivity index (χ1n) is 9.08. The van der Waals surface area contributed by atoms with Gasteiger partial charge in [-0.05, 0) is 37.5 Å². The van der Waals surface area contributed by atoms with E-state index in [-0.39, 0.29) is 6.10 Å². The summed E-state index contributed by atoms with van der Waals surface area (Å²) in [6.45, 7) is 3.08. The van der Waals surface area contributed by atoms with Crippen LogP contribution in [0.3, 0.4) is 0 Å². The fourth-order valence-electron chi connectivity index (χ4n) is 3.34. The number of ether oxygens (including phenoxy) is 1. The van der Waals surface area contributed by atoms with Gasteiger partial charge in [0.1, 0.15) is 5.82 Å². The van der Waals surface area contributed by atoms with Crippen molar-refractivity contribution in [3.8, 4) is 5.69 Å². The first-order chi connectivity index (χ1) is 13.1. The highest BCUT2D eigenvalue weighted by atomic mass is 32.2. The van der Waals surface area contributed by atoms with E-state index in [0.717, 1.165) is 46.9 Å². The lowest BCUT2D eigenvalue weighted by Crippen LogP contribution is -2.39. The van der Waals surface area contributed by atoms with Crippen LogP contribution in [-0.2, 0) is 25.8 Å². The number of carbonyl (C=O) groups excluding carboxylic acids is 2. The number of amides is 2. The van der Waals surface area contributed by atoms with Gasteiger partial charge in [-0.3, -0.25) is 9.59 Å². The molecule has 2 aliphatic heterocycles. The van der Waals surface area contributed by atoms with Crippen molar-refractivity contribution in [3.05, 3.63) is 41.1 Å². The number of aromatic nitrogens is 2. The number of carbonyl (C=O) groups is 2. The van der Waals surface area contributed by atoms with Gasteiger partial charge in [0.15, 0.2) is 0 Å². The zero-order valence-electron chi connectivity index (χ0n) is 15.2. The van der Waals surface area contributed by atoms with Gasteiger partial charge in [-0.25, -0.2) is 4.68 Å². The van der Waals surface area contributed by atoms with E-state index < -0.39 is 11.8 Å². The topological polar surface area (TPSA) is 85.2 Å². The molecular formula is C19H22N4O3S. The summed E-state index contributed by atoms with van der Waals surface area (Å²) < 4.78 is 7.20. The lowest BCUT2D eigenvalue weighted by molar-refractivity contribution is -0.136. The molecule has 0 unspecified atom stereocenters. The smallest absolute Gasteiger partial charge is 0.314 e. The van der Waals surface area contributed by atoms with E-state index in [1.165, 1.54) is 0 Å². The summed E-state index contributed by atoms with van der Waals surface area (Å²) in [5.74, 6) is 0.831. The van der Waals surface area contributed by atoms with E-state index >= 15 is 0 Å². The molecular weight excluding hydrogens is 364 g/mol. The zero-order chi connectivity index (χ0) is 18.8. The molecule has 142 valence electrons. The first kappa shape index (κ1) is 18.1. The second-order valence-corrected chi connectivity index (χ2v) is 7.80. The van der Waals surface area contributed by atoms with Crippen LogP contribution in [-0.4, -0.2) is 40.9 Å². The van der Waals surface area contributed by atoms with Gasteiger partial charge in [0.05, 0.1) is 17.5 Å². The second-order valence-electron chi connectivity index (χ2n) is 6.82. The SMILES string of the molecule is Cc1cccc(-n2nc3c(c2NC(=O)C(=O)NC[C@@H]2CCCO2)CSC3)c1. The van der Waals surface area contributed by atoms with E-state index in [2.05, 4.69) is 15.7 Å². The third-order valence-corrected chi connectivity index (χ3v) is 5.72. The molecule has 4 rings (SSSR count). The largest absolute Gasteiger partial charge is 0.376 e. The molecule has 2 aromatic rings. The monoisotopic (exact) mass is 386 g/mol. The molecule has 1 atom stereocenters. The Balaban J connectivity index is 1.52. The predicted molar refractivity (Wildman–Crippen MR) is 104 cm³/mol. The van der Waals surface area contributed by atoms with Crippen molar-refractivity contribution in [2.24, 2.45) is 0 Å². The number of hydrogen-bond acceptors (Lipinski definition) is 5. The Morgan fingerprint density at radius 2 is 2.22 bits per heavy atom. The molecule has 0 aliphatic carbocycles. The molecule has 7 nitrogen and oxygen atoms in total. The fraction of sp³-hybridized carbons (Fsp3) is 0.421. The Labute approximate surface area is 161 Å². The van der Waals surface area contributed by atoms with Gasteiger partial charge in [-0.15, -0.1) is 0 Å². The summed E-state index contributed by atoms with van der Waals surface area (Å²) in [4.78, 5) is 24.7. The number of thioether (sulfide) groups is 1. The minimum atomic E-state index is -0.679. The molecule has 0 radical (unpaired) electrons. The molecule has 1 aromatic carbocycles. The van der Waals surface area contributed by atoms with Gasteiger partial charge in [0.25, 0.3) is 0 Å². The molecule has 2 N–H and O–H groups in total. The first-order valence-corrected chi connectivity index (χ1v) is 10.2. The number of benzene rings is 1. The second kappa shape index (κ2) is 7.74. The van der Waals surface area contributed by atoms with Crippen molar-refractivity contribution in [2.75, 3.05) is 18.5 Å². The van der Waals surface area contributed by atoms with Crippen molar-refractivity contribution in [1.82, 2.24) is 15.1 Å². The maximum atomic E-state index is 12.5. The van der Waals surface area contributed by atoms with E-state index in [0.29, 0.717) is 19.0 Å². The normalized spacial score (nSPS) is 18.3. The summed E-state index contributed by atoms with van der Waals surface area (Å²) in [6.07, 6.45) is 1.90. The Morgan fingerprint density at radius 1 is 1.33 bits per heavy atom. The number of aryl methyl sites for hydroxylation is 1. The Kier molecular flexibility index (Phi) is 5.18. The molecule has 2 aliphatic rings. The average molecular weight is 386 g/mol. The number of fused-ring (bicyclic) bond motifs is 1. The van der Waals surface area contributed by atoms with E-state index in [4.69, 9.17) is 4.74 Å². The van der Waals surface area contributed by atoms with E-state index in [9.17, 15) is 9.59 Å². The number of nitrogens with one attached hydrogen (secondary N) is 2. The summed E-state index contributed by atoms with van der Waals surface area (Å²) in [6, 6.07) is 7.90. The summed E-state index contributed by atoms with van der Waals surface area (Å²) in [5.41, 5.74) is 3.91. The molecule has 0 bridgehead atoms. The van der Waals surface area contributed by atoms with Crippen LogP contribution < -0.4 is 10.6 Å². The molecule has 27 heavy (non-hydrogen) atoms. The highest BCUT2D eigenvalue weighted by Crippen LogP contribution is 2.36. The molecule has 8 heteroatoms. The summed E-state index contributed by atoms with van der Waals surface area (Å²) >= 11 is 1.75. The third-order valence-electron chi connectivity index (χ3n) is 4.75. The van der Waals surface area contributed by atoms with Crippen LogP contribution in [0.25, 0.3) is 5.69 Å². The van der Waals surface area contributed by atoms with Gasteiger partial charge in [0, 0.05) is 30.2 Å². The van der Waals surface area contributed by atoms with E-state index in [1.807, 2.05) is 31.2 Å². The van der Waals surface area contributed by atoms with Crippen LogP contribution in [0.4, 0.5) is 5.82 Å². The molecule has 2 amide bonds. The lowest BCUT2D eigenvalue weighted by atomic mass is 10.2. The van der Waals surface area contributed by atoms with Gasteiger partial charge < -0.3 is 15.4 Å². The molecule has 1 fully saturated rings. The minimum Gasteiger partial charge on any atom is -0.376 e. The van der Waals surface area contributed by atoms with Crippen LogP contribution in [0.15, 0.2) is 24.3 Å². The number of rotatable bonds is 4. The molecule has 1 aromatic heterocycles. The van der Waals surface area contributed by atoms with Crippen LogP contribution in [0.2, 0.25) is 0 Å². The highest BCUT2D eigenvalue weighted by Gasteiger charge is 2.27. The predicted octanol–water partition coefficient (Wildman–Crippen LogP) is 2.16. The van der Waals surface area contributed by atoms with E-state index in [1.54, 1.807) is 16.4 Å². The van der Waals surface area contributed by atoms with Crippen molar-refractivity contribution in [1.29, 1.82) is 0 Å². The number of nitrogens with zero attached hydrogens (tertiary/aromatic N) is 2. The Bertz CT molecular complexity index is 874. The molecule has 0 saturated carbocycles. The highest BCUT2D eigenvalue weighted by molar-refractivity contribution is 7.98. The minimum absolute atomic E-state index is 0.000203. The zero-order valence-corrected chi connectivity index (χ0v) is 16.0. The van der Waals surface area contributed by atoms with Crippen molar-refractivity contribution >= 4 is 29.4 Å². The van der Waals surface area contributed by atoms with Gasteiger partial charge in [-0.1, -0.05) is 12.1 Å². The average Bonchev–Trinajstić information content (AvgIpc) is 3.38. The third kappa shape index (κ3) is 3.86. The molecule has 0 spiro atoms. The maximum absolute atomic E-state index is 12.5. The maximum Gasteiger partial charge on any atom is 0.314 e. The van der Waals surface area contributed by atoms with Gasteiger partial charge in [0.2, 0.25) is 0 Å². The van der Waals surface area contributed by atoms with Crippen molar-refractivity contribution in [3.63, 3.8) is 0 Å². The number of anilines is 1. The van der Waals surface area contributed by atoms with Crippen LogP contribution >= 0.6 is 11.8 Å². The van der Waals surface area contributed by atoms with Crippen molar-refractivity contribution < 1.29 is 14.3 Å². The Hall–Kier alpha value is -2.32. The quantitative estimate of drug-likeness (QED) is 0.787. The molecule has 3 heterocycles. The van der Waals surface area contributed by atoms with Crippen LogP contribution in [0, 0.1) is 6.92 Å². The van der Waals surface area contributed by atoms with Crippen LogP contribution in [0.1, 0.15) is 29.7 Å². The van der Waals surface area contributed by atoms with Gasteiger partial charge >= 0.3 is 11.8 Å². The number of hydrogen-bond donors (Lipinski definition) is 2. The fourth-order valence-corrected chi connectivity index (χ4v) is 4.38. The van der Waals surface area contributed by atoms with Crippen molar-refractivity contribution in [2.45, 2.75) is 37.4 Å². The van der Waals surface area contributed by atoms with Crippen LogP contribution in [0.5, 0.6) is 0 Å². The lowest BCUT2D eigenvalue weighted by Gasteiger charge is -2.13. The Morgan fingerprint density at radius 3 is 3.00 bits per heavy atom. The standard InChI is InChI=1S/C19H22N4O3S/c1-12-4-2-5-13(8-12)23-17(15-10-27-11-16(15)22-23)21-19(25)18(24)20-9-14-6-3-7-26-14/h2,4-5,8,14H,3,6-7,9-11H2,1H3,(H,20,24)(H,21,25)/t14-/m0/s1.